The van der Waals surface area contributed by atoms with Crippen LogP contribution in [0.25, 0.3) is 0 Å². The zero-order valence-corrected chi connectivity index (χ0v) is 23.9. The van der Waals surface area contributed by atoms with Crippen LogP contribution >= 0.6 is 0 Å². The van der Waals surface area contributed by atoms with Gasteiger partial charge >= 0.3 is 5.97 Å². The van der Waals surface area contributed by atoms with Crippen LogP contribution in [0.3, 0.4) is 0 Å². The molecule has 32 heavy (non-hydrogen) atoms. The molecule has 0 aromatic heterocycles. The van der Waals surface area contributed by atoms with E-state index in [1.807, 2.05) is 0 Å². The van der Waals surface area contributed by atoms with Crippen LogP contribution in [0.5, 0.6) is 11.5 Å². The maximum Gasteiger partial charge on any atom is 0.328 e. The molecule has 1 aromatic rings. The third kappa shape index (κ3) is 6.50. The molecule has 1 saturated carbocycles. The maximum absolute atomic E-state index is 11.0. The number of allylic oxidation sites excluding steroid dienone is 1. The summed E-state index contributed by atoms with van der Waals surface area (Å²) in [5.41, 5.74) is 2.28. The van der Waals surface area contributed by atoms with Crippen molar-refractivity contribution in [3.05, 3.63) is 35.4 Å². The zero-order valence-electron chi connectivity index (χ0n) is 21.9. The second-order valence-corrected chi connectivity index (χ2v) is 21.8. The van der Waals surface area contributed by atoms with Crippen LogP contribution in [-0.4, -0.2) is 27.7 Å². The van der Waals surface area contributed by atoms with Gasteiger partial charge in [0.25, 0.3) is 0 Å². The second-order valence-electron chi connectivity index (χ2n) is 12.3. The Morgan fingerprint density at radius 2 is 1.44 bits per heavy atom. The summed E-state index contributed by atoms with van der Waals surface area (Å²) in [6, 6.07) is 6.43. The summed E-state index contributed by atoms with van der Waals surface area (Å²) in [5.74, 6) is 1.40. The summed E-state index contributed by atoms with van der Waals surface area (Å²) in [5, 5.41) is 9.30. The van der Waals surface area contributed by atoms with E-state index in [4.69, 9.17) is 14.0 Å². The third-order valence-corrected chi connectivity index (χ3v) is 16.4. The molecule has 0 amide bonds. The van der Waals surface area contributed by atoms with Gasteiger partial charge in [-0.3, -0.25) is 0 Å². The van der Waals surface area contributed by atoms with Crippen molar-refractivity contribution in [2.24, 2.45) is 0 Å². The van der Waals surface area contributed by atoms with E-state index >= 15 is 0 Å². The van der Waals surface area contributed by atoms with Gasteiger partial charge in [0, 0.05) is 12.1 Å². The topological polar surface area (TPSA) is 55.8 Å². The molecule has 4 nitrogen and oxygen atoms in total. The number of aliphatic carboxylic acids is 1. The fraction of sp³-hybridized carbons (Fsp3) is 0.654. The number of carboxylic acid groups (broad SMARTS) is 1. The van der Waals surface area contributed by atoms with Crippen molar-refractivity contribution in [2.45, 2.75) is 109 Å². The van der Waals surface area contributed by atoms with E-state index in [0.29, 0.717) is 5.92 Å². The van der Waals surface area contributed by atoms with Crippen molar-refractivity contribution in [3.63, 3.8) is 0 Å². The van der Waals surface area contributed by atoms with Gasteiger partial charge in [-0.1, -0.05) is 53.2 Å². The minimum atomic E-state index is -2.03. The van der Waals surface area contributed by atoms with Gasteiger partial charge in [0.2, 0.25) is 16.6 Å². The number of hydrogen-bond donors (Lipinski definition) is 1. The third-order valence-electron chi connectivity index (χ3n) is 7.73. The quantitative estimate of drug-likeness (QED) is 0.332. The Morgan fingerprint density at radius 1 is 0.938 bits per heavy atom. The highest BCUT2D eigenvalue weighted by Gasteiger charge is 2.41. The number of carboxylic acids is 1. The van der Waals surface area contributed by atoms with Crippen LogP contribution < -0.4 is 8.85 Å². The zero-order chi connectivity index (χ0) is 24.5. The van der Waals surface area contributed by atoms with Gasteiger partial charge in [-0.05, 0) is 79.5 Å². The first kappa shape index (κ1) is 26.7. The molecular weight excluding hydrogens is 432 g/mol. The second kappa shape index (κ2) is 9.37. The minimum Gasteiger partial charge on any atom is -0.543 e. The molecule has 6 heteroatoms. The van der Waals surface area contributed by atoms with E-state index in [-0.39, 0.29) is 10.1 Å². The molecule has 0 radical (unpaired) electrons. The number of hydrogen-bond acceptors (Lipinski definition) is 3. The molecule has 0 unspecified atom stereocenters. The van der Waals surface area contributed by atoms with E-state index in [0.717, 1.165) is 42.8 Å². The van der Waals surface area contributed by atoms with Gasteiger partial charge in [-0.25, -0.2) is 4.79 Å². The minimum absolute atomic E-state index is 0.102. The molecule has 0 saturated heterocycles. The monoisotopic (exact) mass is 476 g/mol. The highest BCUT2D eigenvalue weighted by molar-refractivity contribution is 6.75. The summed E-state index contributed by atoms with van der Waals surface area (Å²) < 4.78 is 13.5. The van der Waals surface area contributed by atoms with Crippen molar-refractivity contribution in [1.82, 2.24) is 0 Å². The Labute approximate surface area is 197 Å². The van der Waals surface area contributed by atoms with Crippen LogP contribution in [-0.2, 0) is 4.79 Å². The molecule has 1 aliphatic carbocycles. The Balaban J connectivity index is 2.40. The largest absolute Gasteiger partial charge is 0.543 e. The van der Waals surface area contributed by atoms with E-state index in [1.165, 1.54) is 11.6 Å². The van der Waals surface area contributed by atoms with Crippen molar-refractivity contribution in [3.8, 4) is 11.5 Å². The van der Waals surface area contributed by atoms with E-state index < -0.39 is 22.6 Å². The average molecular weight is 477 g/mol. The van der Waals surface area contributed by atoms with Crippen LogP contribution in [0.15, 0.2) is 29.8 Å². The lowest BCUT2D eigenvalue weighted by Crippen LogP contribution is -2.44. The smallest absolute Gasteiger partial charge is 0.328 e. The van der Waals surface area contributed by atoms with Gasteiger partial charge in [0.1, 0.15) is 11.5 Å². The summed E-state index contributed by atoms with van der Waals surface area (Å²) >= 11 is 0. The predicted molar refractivity (Wildman–Crippen MR) is 139 cm³/mol. The van der Waals surface area contributed by atoms with Crippen molar-refractivity contribution >= 4 is 22.6 Å². The SMILES string of the molecule is CC(C)(C)[Si](C)(C)Oc1ccc(C2CCC(=CC(=O)O)CC2)c(O[Si](C)(C)C(C)(C)C)c1. The molecule has 2 rings (SSSR count). The standard InChI is InChI=1S/C26H44O4Si2/c1-25(2,3)31(7,8)29-21-15-16-22(20-13-11-19(12-14-20)17-24(27)28)23(18-21)30-32(9,10)26(4,5)6/h15-18,20H,11-14H2,1-10H3,(H,27,28). The van der Waals surface area contributed by atoms with Crippen LogP contribution in [0.1, 0.15) is 78.7 Å². The molecule has 0 aliphatic heterocycles. The van der Waals surface area contributed by atoms with E-state index in [9.17, 15) is 4.79 Å². The highest BCUT2D eigenvalue weighted by Crippen LogP contribution is 2.45. The van der Waals surface area contributed by atoms with Crippen molar-refractivity contribution in [2.75, 3.05) is 0 Å². The van der Waals surface area contributed by atoms with E-state index in [1.54, 1.807) is 0 Å². The first-order valence-corrected chi connectivity index (χ1v) is 17.7. The lowest BCUT2D eigenvalue weighted by atomic mass is 9.81. The first-order chi connectivity index (χ1) is 14.4. The average Bonchev–Trinajstić information content (AvgIpc) is 2.60. The fourth-order valence-electron chi connectivity index (χ4n) is 3.50. The molecule has 1 aliphatic rings. The number of rotatable bonds is 6. The van der Waals surface area contributed by atoms with Crippen LogP contribution in [0, 0.1) is 0 Å². The fourth-order valence-corrected chi connectivity index (χ4v) is 5.55. The highest BCUT2D eigenvalue weighted by atomic mass is 28.4. The lowest BCUT2D eigenvalue weighted by molar-refractivity contribution is -0.131. The number of benzene rings is 1. The Bertz CT molecular complexity index is 848. The van der Waals surface area contributed by atoms with Gasteiger partial charge in [-0.15, -0.1) is 0 Å². The Kier molecular flexibility index (Phi) is 7.83. The maximum atomic E-state index is 11.0. The normalized spacial score (nSPS) is 18.3. The van der Waals surface area contributed by atoms with Crippen molar-refractivity contribution in [1.29, 1.82) is 0 Å². The molecule has 0 atom stereocenters. The van der Waals surface area contributed by atoms with E-state index in [2.05, 4.69) is 85.9 Å². The molecular formula is C26H44O4Si2. The van der Waals surface area contributed by atoms with Gasteiger partial charge in [0.15, 0.2) is 0 Å². The van der Waals surface area contributed by atoms with Gasteiger partial charge in [0.05, 0.1) is 0 Å². The summed E-state index contributed by atoms with van der Waals surface area (Å²) in [6.45, 7) is 22.7. The molecule has 0 spiro atoms. The summed E-state index contributed by atoms with van der Waals surface area (Å²) in [6.07, 6.45) is 4.96. The lowest BCUT2D eigenvalue weighted by Gasteiger charge is -2.39. The Morgan fingerprint density at radius 3 is 1.91 bits per heavy atom. The summed E-state index contributed by atoms with van der Waals surface area (Å²) in [4.78, 5) is 11.0. The number of carbonyl (C=O) groups is 1. The summed E-state index contributed by atoms with van der Waals surface area (Å²) in [7, 11) is -3.98. The van der Waals surface area contributed by atoms with Crippen molar-refractivity contribution < 1.29 is 18.8 Å². The molecule has 1 N–H and O–H groups in total. The Hall–Kier alpha value is -1.54. The predicted octanol–water partition coefficient (Wildman–Crippen LogP) is 8.12. The first-order valence-electron chi connectivity index (χ1n) is 11.9. The van der Waals surface area contributed by atoms with Gasteiger partial charge < -0.3 is 14.0 Å². The van der Waals surface area contributed by atoms with Crippen LogP contribution in [0.4, 0.5) is 0 Å². The van der Waals surface area contributed by atoms with Crippen LogP contribution in [0.2, 0.25) is 36.3 Å². The molecule has 180 valence electrons. The molecule has 1 aromatic carbocycles. The molecule has 0 heterocycles. The molecule has 1 fully saturated rings. The molecule has 0 bridgehead atoms. The van der Waals surface area contributed by atoms with Gasteiger partial charge in [-0.2, -0.15) is 0 Å².